The number of ether oxygens (including phenoxy) is 1. The number of carbonyl (C=O) groups is 2. The molecule has 1 atom stereocenters. The summed E-state index contributed by atoms with van der Waals surface area (Å²) in [5, 5.41) is 0. The minimum Gasteiger partial charge on any atom is -0.497 e. The van der Waals surface area contributed by atoms with Crippen molar-refractivity contribution in [1.82, 2.24) is 14.7 Å². The maximum Gasteiger partial charge on any atom is 0.223 e. The molecular formula is C23H37N3O3. The van der Waals surface area contributed by atoms with Gasteiger partial charge < -0.3 is 19.4 Å². The molecule has 2 rings (SSSR count). The van der Waals surface area contributed by atoms with Crippen LogP contribution in [-0.4, -0.2) is 80.4 Å². The molecular weight excluding hydrogens is 366 g/mol. The van der Waals surface area contributed by atoms with Crippen molar-refractivity contribution < 1.29 is 14.3 Å². The van der Waals surface area contributed by atoms with Crippen LogP contribution >= 0.6 is 0 Å². The molecule has 162 valence electrons. The fourth-order valence-electron chi connectivity index (χ4n) is 3.93. The molecule has 6 nitrogen and oxygen atoms in total. The predicted octanol–water partition coefficient (Wildman–Crippen LogP) is 2.67. The second-order valence-electron chi connectivity index (χ2n) is 8.13. The van der Waals surface area contributed by atoms with Crippen LogP contribution in [0.3, 0.4) is 0 Å². The molecule has 1 aromatic rings. The molecule has 0 aromatic heterocycles. The van der Waals surface area contributed by atoms with Crippen LogP contribution in [0.2, 0.25) is 0 Å². The van der Waals surface area contributed by atoms with Crippen molar-refractivity contribution in [3.8, 4) is 5.75 Å². The second-order valence-corrected chi connectivity index (χ2v) is 8.13. The number of nitrogens with zero attached hydrogens (tertiary/aromatic N) is 3. The summed E-state index contributed by atoms with van der Waals surface area (Å²) in [5.74, 6) is 1.51. The smallest absolute Gasteiger partial charge is 0.223 e. The summed E-state index contributed by atoms with van der Waals surface area (Å²) >= 11 is 0. The minimum atomic E-state index is 0.00999. The lowest BCUT2D eigenvalue weighted by molar-refractivity contribution is -0.136. The number of carbonyl (C=O) groups excluding carboxylic acids is 2. The van der Waals surface area contributed by atoms with Gasteiger partial charge in [0.05, 0.1) is 7.11 Å². The number of piperidine rings is 1. The van der Waals surface area contributed by atoms with Gasteiger partial charge in [-0.25, -0.2) is 0 Å². The molecule has 2 amide bonds. The summed E-state index contributed by atoms with van der Waals surface area (Å²) in [5.41, 5.74) is 1.29. The average molecular weight is 404 g/mol. The molecule has 29 heavy (non-hydrogen) atoms. The number of amides is 2. The normalized spacial score (nSPS) is 17.0. The first kappa shape index (κ1) is 23.2. The summed E-state index contributed by atoms with van der Waals surface area (Å²) < 4.78 is 5.32. The first-order valence-electron chi connectivity index (χ1n) is 10.8. The molecule has 0 unspecified atom stereocenters. The van der Waals surface area contributed by atoms with Crippen LogP contribution in [-0.2, 0) is 16.0 Å². The molecule has 6 heteroatoms. The standard InChI is InChI=1S/C23H37N3O3/c1-5-26(23(28)12-11-22(27)24(2)3)18-20-9-7-14-25(17-20)15-13-19-8-6-10-21(16-19)29-4/h6,8,10,16,20H,5,7,9,11-15,17-18H2,1-4H3/t20-/m0/s1. The van der Waals surface area contributed by atoms with Crippen LogP contribution in [0, 0.1) is 5.92 Å². The largest absolute Gasteiger partial charge is 0.497 e. The first-order chi connectivity index (χ1) is 13.9. The molecule has 1 aliphatic heterocycles. The molecule has 1 aliphatic rings. The van der Waals surface area contributed by atoms with Gasteiger partial charge in [0.1, 0.15) is 5.75 Å². The number of methoxy groups -OCH3 is 1. The van der Waals surface area contributed by atoms with Crippen molar-refractivity contribution in [2.24, 2.45) is 5.92 Å². The Morgan fingerprint density at radius 3 is 2.66 bits per heavy atom. The zero-order chi connectivity index (χ0) is 21.2. The molecule has 0 saturated carbocycles. The van der Waals surface area contributed by atoms with E-state index in [0.29, 0.717) is 25.3 Å². The molecule has 1 heterocycles. The van der Waals surface area contributed by atoms with Crippen LogP contribution in [0.15, 0.2) is 24.3 Å². The predicted molar refractivity (Wildman–Crippen MR) is 116 cm³/mol. The van der Waals surface area contributed by atoms with E-state index in [0.717, 1.165) is 44.8 Å². The molecule has 1 aromatic carbocycles. The summed E-state index contributed by atoms with van der Waals surface area (Å²) in [6.07, 6.45) is 3.94. The van der Waals surface area contributed by atoms with Crippen molar-refractivity contribution in [2.45, 2.75) is 39.0 Å². The van der Waals surface area contributed by atoms with Crippen molar-refractivity contribution in [2.75, 3.05) is 53.9 Å². The Bertz CT molecular complexity index is 663. The van der Waals surface area contributed by atoms with Gasteiger partial charge in [-0.3, -0.25) is 9.59 Å². The van der Waals surface area contributed by atoms with E-state index in [2.05, 4.69) is 17.0 Å². The second kappa shape index (κ2) is 11.8. The van der Waals surface area contributed by atoms with E-state index in [4.69, 9.17) is 4.74 Å². The number of benzene rings is 1. The Labute approximate surface area is 175 Å². The first-order valence-corrected chi connectivity index (χ1v) is 10.8. The maximum absolute atomic E-state index is 12.6. The Kier molecular flexibility index (Phi) is 9.45. The van der Waals surface area contributed by atoms with Gasteiger partial charge in [0.25, 0.3) is 0 Å². The third-order valence-corrected chi connectivity index (χ3v) is 5.72. The van der Waals surface area contributed by atoms with Gasteiger partial charge in [0.2, 0.25) is 11.8 Å². The topological polar surface area (TPSA) is 53.1 Å². The lowest BCUT2D eigenvalue weighted by atomic mass is 9.96. The van der Waals surface area contributed by atoms with Gasteiger partial charge in [-0.2, -0.15) is 0 Å². The van der Waals surface area contributed by atoms with Crippen LogP contribution in [0.1, 0.15) is 38.2 Å². The zero-order valence-electron chi connectivity index (χ0n) is 18.5. The monoisotopic (exact) mass is 403 g/mol. The fraction of sp³-hybridized carbons (Fsp3) is 0.652. The summed E-state index contributed by atoms with van der Waals surface area (Å²) in [4.78, 5) is 30.3. The number of hydrogen-bond acceptors (Lipinski definition) is 4. The Morgan fingerprint density at radius 2 is 1.97 bits per heavy atom. The van der Waals surface area contributed by atoms with Gasteiger partial charge in [-0.15, -0.1) is 0 Å². The molecule has 0 N–H and O–H groups in total. The molecule has 0 bridgehead atoms. The highest BCUT2D eigenvalue weighted by atomic mass is 16.5. The Hall–Kier alpha value is -2.08. The molecule has 1 saturated heterocycles. The van der Waals surface area contributed by atoms with Crippen molar-refractivity contribution in [1.29, 1.82) is 0 Å². The zero-order valence-corrected chi connectivity index (χ0v) is 18.5. The highest BCUT2D eigenvalue weighted by Crippen LogP contribution is 2.20. The summed E-state index contributed by atoms with van der Waals surface area (Å²) in [6, 6.07) is 8.27. The van der Waals surface area contributed by atoms with Crippen LogP contribution in [0.25, 0.3) is 0 Å². The SMILES string of the molecule is CCN(C[C@H]1CCCN(CCc2cccc(OC)c2)C1)C(=O)CCC(=O)N(C)C. The summed E-state index contributed by atoms with van der Waals surface area (Å²) in [6.45, 7) is 6.70. The lowest BCUT2D eigenvalue weighted by Gasteiger charge is -2.35. The Balaban J connectivity index is 1.80. The van der Waals surface area contributed by atoms with Gasteiger partial charge >= 0.3 is 0 Å². The van der Waals surface area contributed by atoms with E-state index in [1.807, 2.05) is 24.0 Å². The van der Waals surface area contributed by atoms with Gasteiger partial charge in [0, 0.05) is 53.1 Å². The van der Waals surface area contributed by atoms with Crippen molar-refractivity contribution in [3.63, 3.8) is 0 Å². The molecule has 0 aliphatic carbocycles. The molecule has 0 radical (unpaired) electrons. The maximum atomic E-state index is 12.6. The van der Waals surface area contributed by atoms with E-state index in [9.17, 15) is 9.59 Å². The van der Waals surface area contributed by atoms with Gasteiger partial charge in [-0.05, 0) is 56.3 Å². The molecule has 0 spiro atoms. The van der Waals surface area contributed by atoms with E-state index in [1.54, 1.807) is 26.1 Å². The van der Waals surface area contributed by atoms with Gasteiger partial charge in [0.15, 0.2) is 0 Å². The quantitative estimate of drug-likeness (QED) is 0.603. The number of rotatable bonds is 10. The average Bonchev–Trinajstić information content (AvgIpc) is 2.74. The van der Waals surface area contributed by atoms with Crippen molar-refractivity contribution in [3.05, 3.63) is 29.8 Å². The third-order valence-electron chi connectivity index (χ3n) is 5.72. The van der Waals surface area contributed by atoms with Crippen LogP contribution < -0.4 is 4.74 Å². The summed E-state index contributed by atoms with van der Waals surface area (Å²) in [7, 11) is 5.16. The fourth-order valence-corrected chi connectivity index (χ4v) is 3.93. The Morgan fingerprint density at radius 1 is 1.21 bits per heavy atom. The van der Waals surface area contributed by atoms with Crippen LogP contribution in [0.4, 0.5) is 0 Å². The number of hydrogen-bond donors (Lipinski definition) is 0. The van der Waals surface area contributed by atoms with Crippen molar-refractivity contribution >= 4 is 11.8 Å². The van der Waals surface area contributed by atoms with E-state index in [-0.39, 0.29) is 11.8 Å². The van der Waals surface area contributed by atoms with Crippen LogP contribution in [0.5, 0.6) is 5.75 Å². The van der Waals surface area contributed by atoms with E-state index >= 15 is 0 Å². The highest BCUT2D eigenvalue weighted by molar-refractivity contribution is 5.83. The van der Waals surface area contributed by atoms with E-state index < -0.39 is 0 Å². The molecule has 1 fully saturated rings. The minimum absolute atomic E-state index is 0.00999. The lowest BCUT2D eigenvalue weighted by Crippen LogP contribution is -2.43. The van der Waals surface area contributed by atoms with Gasteiger partial charge in [-0.1, -0.05) is 12.1 Å². The van der Waals surface area contributed by atoms with E-state index in [1.165, 1.54) is 12.0 Å². The highest BCUT2D eigenvalue weighted by Gasteiger charge is 2.24. The number of likely N-dealkylation sites (tertiary alicyclic amines) is 1. The third kappa shape index (κ3) is 7.69.